The van der Waals surface area contributed by atoms with Gasteiger partial charge < -0.3 is 9.88 Å². The van der Waals surface area contributed by atoms with Crippen LogP contribution in [0.15, 0.2) is 41.3 Å². The average Bonchev–Trinajstić information content (AvgIpc) is 2.58. The quantitative estimate of drug-likeness (QED) is 0.796. The molecule has 0 atom stereocenters. The van der Waals surface area contributed by atoms with Gasteiger partial charge in [-0.1, -0.05) is 18.5 Å². The Labute approximate surface area is 151 Å². The molecule has 1 amide bonds. The maximum Gasteiger partial charge on any atom is 0.417 e. The molecule has 0 fully saturated rings. The number of Topliss-reactive ketones (excluding diaryl/α,β-unsaturated/α-hetero) is 1. The molecule has 0 radical (unpaired) electrons. The number of amides is 1. The molecule has 1 heterocycles. The Hall–Kier alpha value is -2.61. The highest BCUT2D eigenvalue weighted by atomic mass is 35.5. The molecule has 0 saturated heterocycles. The lowest BCUT2D eigenvalue weighted by atomic mass is 10.1. The third kappa shape index (κ3) is 4.72. The molecule has 1 N–H and O–H groups in total. The topological polar surface area (TPSA) is 68.2 Å². The highest BCUT2D eigenvalue weighted by Gasteiger charge is 2.32. The van der Waals surface area contributed by atoms with E-state index in [4.69, 9.17) is 11.6 Å². The summed E-state index contributed by atoms with van der Waals surface area (Å²) in [7, 11) is 0. The molecule has 1 aromatic carbocycles. The van der Waals surface area contributed by atoms with Crippen LogP contribution in [-0.4, -0.2) is 16.3 Å². The van der Waals surface area contributed by atoms with Gasteiger partial charge in [0.1, 0.15) is 5.02 Å². The van der Waals surface area contributed by atoms with Crippen molar-refractivity contribution in [2.45, 2.75) is 26.1 Å². The van der Waals surface area contributed by atoms with Crippen molar-refractivity contribution in [3.63, 3.8) is 0 Å². The maximum atomic E-state index is 12.8. The van der Waals surface area contributed by atoms with Crippen LogP contribution in [0.2, 0.25) is 5.02 Å². The third-order valence-electron chi connectivity index (χ3n) is 3.50. The van der Waals surface area contributed by atoms with Crippen molar-refractivity contribution < 1.29 is 22.8 Å². The highest BCUT2D eigenvalue weighted by molar-refractivity contribution is 6.30. The van der Waals surface area contributed by atoms with Gasteiger partial charge in [0.05, 0.1) is 12.1 Å². The van der Waals surface area contributed by atoms with Crippen LogP contribution in [-0.2, 0) is 17.5 Å². The summed E-state index contributed by atoms with van der Waals surface area (Å²) in [4.78, 5) is 35.4. The number of hydrogen-bond donors (Lipinski definition) is 1. The van der Waals surface area contributed by atoms with Crippen LogP contribution in [0.4, 0.5) is 18.9 Å². The van der Waals surface area contributed by atoms with Gasteiger partial charge in [-0.3, -0.25) is 14.4 Å². The molecule has 5 nitrogen and oxygen atoms in total. The number of halogens is 4. The van der Waals surface area contributed by atoms with Gasteiger partial charge in [-0.2, -0.15) is 13.2 Å². The molecular formula is C17H14ClF3N2O3. The lowest BCUT2D eigenvalue weighted by Crippen LogP contribution is -2.26. The second-order valence-electron chi connectivity index (χ2n) is 5.41. The number of ketones is 1. The van der Waals surface area contributed by atoms with E-state index in [1.165, 1.54) is 24.3 Å². The molecule has 0 saturated carbocycles. The second-order valence-corrected chi connectivity index (χ2v) is 5.82. The van der Waals surface area contributed by atoms with Crippen LogP contribution in [0.25, 0.3) is 0 Å². The smallest absolute Gasteiger partial charge is 0.326 e. The Morgan fingerprint density at radius 2 is 1.81 bits per heavy atom. The minimum Gasteiger partial charge on any atom is -0.326 e. The number of anilines is 1. The average molecular weight is 387 g/mol. The number of hydrogen-bond acceptors (Lipinski definition) is 3. The SMILES string of the molecule is CCC(=O)Nc1ccc(C(=O)Cn2cc(C(F)(F)F)cc(Cl)c2=O)cc1. The summed E-state index contributed by atoms with van der Waals surface area (Å²) < 4.78 is 39.1. The Balaban J connectivity index is 2.23. The van der Waals surface area contributed by atoms with Crippen molar-refractivity contribution in [3.05, 3.63) is 63.0 Å². The van der Waals surface area contributed by atoms with Crippen molar-refractivity contribution in [2.24, 2.45) is 0 Å². The number of carbonyl (C=O) groups is 2. The molecular weight excluding hydrogens is 373 g/mol. The molecule has 26 heavy (non-hydrogen) atoms. The zero-order valence-corrected chi connectivity index (χ0v) is 14.3. The van der Waals surface area contributed by atoms with Crippen LogP contribution in [0.1, 0.15) is 29.3 Å². The van der Waals surface area contributed by atoms with Crippen molar-refractivity contribution in [2.75, 3.05) is 5.32 Å². The summed E-state index contributed by atoms with van der Waals surface area (Å²) in [5.41, 5.74) is -1.35. The van der Waals surface area contributed by atoms with Gasteiger partial charge in [0, 0.05) is 23.9 Å². The fraction of sp³-hybridized carbons (Fsp3) is 0.235. The van der Waals surface area contributed by atoms with Crippen LogP contribution >= 0.6 is 11.6 Å². The third-order valence-corrected chi connectivity index (χ3v) is 3.77. The molecule has 138 valence electrons. The molecule has 2 aromatic rings. The number of benzene rings is 1. The fourth-order valence-electron chi connectivity index (χ4n) is 2.11. The van der Waals surface area contributed by atoms with E-state index in [1.54, 1.807) is 6.92 Å². The van der Waals surface area contributed by atoms with E-state index in [9.17, 15) is 27.6 Å². The largest absolute Gasteiger partial charge is 0.417 e. The lowest BCUT2D eigenvalue weighted by molar-refractivity contribution is -0.138. The summed E-state index contributed by atoms with van der Waals surface area (Å²) in [6, 6.07) is 6.32. The van der Waals surface area contributed by atoms with Gasteiger partial charge in [-0.05, 0) is 30.3 Å². The maximum absolute atomic E-state index is 12.8. The summed E-state index contributed by atoms with van der Waals surface area (Å²) in [6.07, 6.45) is -3.84. The summed E-state index contributed by atoms with van der Waals surface area (Å²) in [5.74, 6) is -0.773. The van der Waals surface area contributed by atoms with Gasteiger partial charge in [0.15, 0.2) is 5.78 Å². The van der Waals surface area contributed by atoms with E-state index in [1.807, 2.05) is 0 Å². The van der Waals surface area contributed by atoms with Gasteiger partial charge in [0.2, 0.25) is 5.91 Å². The van der Waals surface area contributed by atoms with Crippen molar-refractivity contribution in [3.8, 4) is 0 Å². The minimum absolute atomic E-state index is 0.180. The molecule has 0 spiro atoms. The molecule has 0 aliphatic heterocycles. The van der Waals surface area contributed by atoms with Gasteiger partial charge in [-0.25, -0.2) is 0 Å². The van der Waals surface area contributed by atoms with E-state index in [-0.39, 0.29) is 11.5 Å². The Kier molecular flexibility index (Phi) is 5.86. The summed E-state index contributed by atoms with van der Waals surface area (Å²) in [5, 5.41) is 1.98. The first kappa shape index (κ1) is 19.7. The van der Waals surface area contributed by atoms with Gasteiger partial charge in [-0.15, -0.1) is 0 Å². The lowest BCUT2D eigenvalue weighted by Gasteiger charge is -2.11. The van der Waals surface area contributed by atoms with Crippen LogP contribution < -0.4 is 10.9 Å². The van der Waals surface area contributed by atoms with Crippen molar-refractivity contribution in [1.29, 1.82) is 0 Å². The monoisotopic (exact) mass is 386 g/mol. The second kappa shape index (κ2) is 7.74. The molecule has 0 aliphatic rings. The predicted octanol–water partition coefficient (Wildman–Crippen LogP) is 3.75. The number of nitrogens with zero attached hydrogens (tertiary/aromatic N) is 1. The normalized spacial score (nSPS) is 11.3. The predicted molar refractivity (Wildman–Crippen MR) is 90.4 cm³/mol. The van der Waals surface area contributed by atoms with Crippen LogP contribution in [0.3, 0.4) is 0 Å². The highest BCUT2D eigenvalue weighted by Crippen LogP contribution is 2.29. The fourth-order valence-corrected chi connectivity index (χ4v) is 2.33. The first-order chi connectivity index (χ1) is 12.1. The molecule has 1 aromatic heterocycles. The first-order valence-corrected chi connectivity index (χ1v) is 7.90. The minimum atomic E-state index is -4.69. The Morgan fingerprint density at radius 1 is 1.19 bits per heavy atom. The van der Waals surface area contributed by atoms with Crippen molar-refractivity contribution in [1.82, 2.24) is 4.57 Å². The van der Waals surface area contributed by atoms with E-state index in [2.05, 4.69) is 5.32 Å². The molecule has 9 heteroatoms. The molecule has 2 rings (SSSR count). The zero-order valence-electron chi connectivity index (χ0n) is 13.6. The summed E-state index contributed by atoms with van der Waals surface area (Å²) >= 11 is 5.55. The summed E-state index contributed by atoms with van der Waals surface area (Å²) in [6.45, 7) is 1.09. The molecule has 0 bridgehead atoms. The van der Waals surface area contributed by atoms with Gasteiger partial charge >= 0.3 is 6.18 Å². The molecule has 0 unspecified atom stereocenters. The van der Waals surface area contributed by atoms with Gasteiger partial charge in [0.25, 0.3) is 5.56 Å². The number of carbonyl (C=O) groups excluding carboxylic acids is 2. The van der Waals surface area contributed by atoms with Crippen molar-refractivity contribution >= 4 is 29.0 Å². The van der Waals surface area contributed by atoms with E-state index in [0.29, 0.717) is 28.9 Å². The zero-order chi connectivity index (χ0) is 19.5. The van der Waals surface area contributed by atoms with E-state index >= 15 is 0 Å². The molecule has 0 aliphatic carbocycles. The number of pyridine rings is 1. The number of rotatable bonds is 5. The Morgan fingerprint density at radius 3 is 2.35 bits per heavy atom. The Bertz CT molecular complexity index is 890. The standard InChI is InChI=1S/C17H14ClF3N2O3/c1-2-15(25)22-12-5-3-10(4-6-12)14(24)9-23-8-11(17(19,20)21)7-13(18)16(23)26/h3-8H,2,9H2,1H3,(H,22,25). The van der Waals surface area contributed by atoms with E-state index in [0.717, 1.165) is 0 Å². The number of aromatic nitrogens is 1. The van der Waals surface area contributed by atoms with E-state index < -0.39 is 34.6 Å². The first-order valence-electron chi connectivity index (χ1n) is 7.52. The van der Waals surface area contributed by atoms with Crippen LogP contribution in [0.5, 0.6) is 0 Å². The van der Waals surface area contributed by atoms with Crippen LogP contribution in [0, 0.1) is 0 Å². The number of alkyl halides is 3. The number of nitrogens with one attached hydrogen (secondary N) is 1.